The number of aliphatic hydroxyl groups excluding tert-OH is 1. The lowest BCUT2D eigenvalue weighted by molar-refractivity contribution is -0.156. The van der Waals surface area contributed by atoms with E-state index in [0.29, 0.717) is 22.9 Å². The van der Waals surface area contributed by atoms with Crippen LogP contribution < -0.4 is 5.32 Å². The molecule has 1 aromatic rings. The number of rotatable bonds is 5. The lowest BCUT2D eigenvalue weighted by Crippen LogP contribution is -2.56. The zero-order valence-corrected chi connectivity index (χ0v) is 15.4. The van der Waals surface area contributed by atoms with Crippen LogP contribution in [0.5, 0.6) is 0 Å². The van der Waals surface area contributed by atoms with E-state index < -0.39 is 11.7 Å². The van der Waals surface area contributed by atoms with Gasteiger partial charge >= 0.3 is 0 Å². The van der Waals surface area contributed by atoms with E-state index in [1.54, 1.807) is 24.3 Å². The topological polar surface area (TPSA) is 69.6 Å². The molecule has 0 heterocycles. The molecule has 1 aromatic carbocycles. The minimum atomic E-state index is -1.37. The number of amides is 1. The molecule has 1 aliphatic rings. The second-order valence-corrected chi connectivity index (χ2v) is 7.82. The van der Waals surface area contributed by atoms with Crippen LogP contribution in [0.25, 0.3) is 0 Å². The summed E-state index contributed by atoms with van der Waals surface area (Å²) in [7, 11) is 0. The first kappa shape index (κ1) is 19.2. The highest BCUT2D eigenvalue weighted by atomic mass is 35.5. The molecule has 0 aliphatic heterocycles. The molecular formula is C19H28ClNO3. The molecule has 24 heavy (non-hydrogen) atoms. The van der Waals surface area contributed by atoms with E-state index in [9.17, 15) is 15.0 Å². The van der Waals surface area contributed by atoms with Crippen LogP contribution in [-0.4, -0.2) is 28.3 Å². The second-order valence-electron chi connectivity index (χ2n) is 7.41. The Hall–Kier alpha value is -1.10. The average molecular weight is 354 g/mol. The smallest absolute Gasteiger partial charge is 0.252 e. The summed E-state index contributed by atoms with van der Waals surface area (Å²) in [5, 5.41) is 24.5. The monoisotopic (exact) mass is 353 g/mol. The van der Waals surface area contributed by atoms with Gasteiger partial charge in [-0.05, 0) is 36.7 Å². The van der Waals surface area contributed by atoms with Crippen LogP contribution in [0.3, 0.4) is 0 Å². The number of aliphatic hydroxyl groups is 2. The lowest BCUT2D eigenvalue weighted by Gasteiger charge is -2.43. The summed E-state index contributed by atoms with van der Waals surface area (Å²) in [6.45, 7) is 6.17. The van der Waals surface area contributed by atoms with Crippen molar-refractivity contribution in [1.82, 2.24) is 5.32 Å². The number of hydrogen-bond acceptors (Lipinski definition) is 3. The van der Waals surface area contributed by atoms with E-state index in [-0.39, 0.29) is 24.3 Å². The van der Waals surface area contributed by atoms with Crippen LogP contribution in [0.2, 0.25) is 5.02 Å². The molecule has 4 nitrogen and oxygen atoms in total. The van der Waals surface area contributed by atoms with E-state index in [1.165, 1.54) is 0 Å². The van der Waals surface area contributed by atoms with Gasteiger partial charge in [-0.25, -0.2) is 0 Å². The third kappa shape index (κ3) is 4.11. The Balaban J connectivity index is 2.05. The minimum absolute atomic E-state index is 0.0318. The molecule has 5 heteroatoms. The maximum Gasteiger partial charge on any atom is 0.252 e. The van der Waals surface area contributed by atoms with Crippen molar-refractivity contribution in [3.8, 4) is 0 Å². The van der Waals surface area contributed by atoms with Crippen LogP contribution in [0.1, 0.15) is 51.7 Å². The summed E-state index contributed by atoms with van der Waals surface area (Å²) in [5.74, 6) is 0.0796. The zero-order valence-electron chi connectivity index (χ0n) is 14.6. The Bertz CT molecular complexity index is 577. The Kier molecular flexibility index (Phi) is 6.29. The van der Waals surface area contributed by atoms with Crippen LogP contribution >= 0.6 is 11.6 Å². The Labute approximate surface area is 149 Å². The molecule has 0 saturated heterocycles. The number of nitrogens with one attached hydrogen (secondary N) is 1. The Morgan fingerprint density at radius 2 is 2.04 bits per heavy atom. The van der Waals surface area contributed by atoms with Crippen molar-refractivity contribution in [2.45, 2.75) is 51.7 Å². The van der Waals surface area contributed by atoms with Gasteiger partial charge in [0.2, 0.25) is 0 Å². The van der Waals surface area contributed by atoms with Gasteiger partial charge in [-0.3, -0.25) is 4.79 Å². The quantitative estimate of drug-likeness (QED) is 0.760. The van der Waals surface area contributed by atoms with Crippen LogP contribution in [0, 0.1) is 17.8 Å². The van der Waals surface area contributed by atoms with Crippen molar-refractivity contribution in [3.63, 3.8) is 0 Å². The molecule has 0 radical (unpaired) electrons. The summed E-state index contributed by atoms with van der Waals surface area (Å²) < 4.78 is 0. The fourth-order valence-corrected chi connectivity index (χ4v) is 4.09. The maximum absolute atomic E-state index is 12.7. The predicted molar refractivity (Wildman–Crippen MR) is 95.7 cm³/mol. The fraction of sp³-hybridized carbons (Fsp3) is 0.632. The molecule has 0 aromatic heterocycles. The van der Waals surface area contributed by atoms with E-state index in [2.05, 4.69) is 12.2 Å². The van der Waals surface area contributed by atoms with Crippen LogP contribution in [0.15, 0.2) is 24.3 Å². The molecule has 1 aliphatic carbocycles. The SMILES string of the molecule is CC1CCC(C(C)C)C(O)(C(=O)NCC(O)c2ccccc2Cl)C1. The molecule has 1 fully saturated rings. The van der Waals surface area contributed by atoms with Crippen molar-refractivity contribution in [2.24, 2.45) is 17.8 Å². The van der Waals surface area contributed by atoms with Crippen molar-refractivity contribution in [3.05, 3.63) is 34.9 Å². The molecule has 1 saturated carbocycles. The molecule has 0 bridgehead atoms. The van der Waals surface area contributed by atoms with E-state index >= 15 is 0 Å². The highest BCUT2D eigenvalue weighted by Gasteiger charge is 2.48. The lowest BCUT2D eigenvalue weighted by atomic mass is 9.66. The first-order valence-corrected chi connectivity index (χ1v) is 9.06. The predicted octanol–water partition coefficient (Wildman–Crippen LogP) is 3.31. The summed E-state index contributed by atoms with van der Waals surface area (Å²) in [6.07, 6.45) is 1.44. The summed E-state index contributed by atoms with van der Waals surface area (Å²) in [5.41, 5.74) is -0.796. The highest BCUT2D eigenvalue weighted by Crippen LogP contribution is 2.41. The van der Waals surface area contributed by atoms with Crippen molar-refractivity contribution in [2.75, 3.05) is 6.54 Å². The normalized spacial score (nSPS) is 28.6. The number of hydrogen-bond donors (Lipinski definition) is 3. The summed E-state index contributed by atoms with van der Waals surface area (Å²) in [4.78, 5) is 12.7. The minimum Gasteiger partial charge on any atom is -0.387 e. The molecular weight excluding hydrogens is 326 g/mol. The van der Waals surface area contributed by atoms with Gasteiger partial charge in [-0.1, -0.05) is 57.0 Å². The van der Waals surface area contributed by atoms with Gasteiger partial charge in [0.1, 0.15) is 5.60 Å². The van der Waals surface area contributed by atoms with Gasteiger partial charge in [0.05, 0.1) is 6.10 Å². The van der Waals surface area contributed by atoms with Crippen molar-refractivity contribution in [1.29, 1.82) is 0 Å². The van der Waals surface area contributed by atoms with Gasteiger partial charge in [-0.15, -0.1) is 0 Å². The van der Waals surface area contributed by atoms with Crippen LogP contribution in [0.4, 0.5) is 0 Å². The van der Waals surface area contributed by atoms with E-state index in [0.717, 1.165) is 12.8 Å². The molecule has 1 amide bonds. The standard InChI is InChI=1S/C19H28ClNO3/c1-12(2)15-9-8-13(3)10-19(15,24)18(23)21-11-17(22)14-6-4-5-7-16(14)20/h4-7,12-13,15,17,22,24H,8-11H2,1-3H3,(H,21,23). The molecule has 4 unspecified atom stereocenters. The molecule has 4 atom stereocenters. The fourth-order valence-electron chi connectivity index (χ4n) is 3.83. The van der Waals surface area contributed by atoms with Gasteiger partial charge in [0, 0.05) is 17.1 Å². The number of carbonyl (C=O) groups is 1. The largest absolute Gasteiger partial charge is 0.387 e. The first-order chi connectivity index (χ1) is 11.3. The Morgan fingerprint density at radius 3 is 2.67 bits per heavy atom. The Morgan fingerprint density at radius 1 is 1.38 bits per heavy atom. The summed E-state index contributed by atoms with van der Waals surface area (Å²) >= 11 is 6.07. The van der Waals surface area contributed by atoms with E-state index in [1.807, 2.05) is 13.8 Å². The van der Waals surface area contributed by atoms with Gasteiger partial charge in [0.15, 0.2) is 0 Å². The molecule has 3 N–H and O–H groups in total. The number of halogens is 1. The molecule has 134 valence electrons. The highest BCUT2D eigenvalue weighted by molar-refractivity contribution is 6.31. The van der Waals surface area contributed by atoms with Crippen molar-refractivity contribution >= 4 is 17.5 Å². The number of benzene rings is 1. The maximum atomic E-state index is 12.7. The molecule has 2 rings (SSSR count). The van der Waals surface area contributed by atoms with Crippen LogP contribution in [-0.2, 0) is 4.79 Å². The van der Waals surface area contributed by atoms with Gasteiger partial charge in [-0.2, -0.15) is 0 Å². The zero-order chi connectivity index (χ0) is 17.9. The summed E-state index contributed by atoms with van der Waals surface area (Å²) in [6, 6.07) is 7.01. The number of carbonyl (C=O) groups excluding carboxylic acids is 1. The van der Waals surface area contributed by atoms with Gasteiger partial charge in [0.25, 0.3) is 5.91 Å². The third-order valence-electron chi connectivity index (χ3n) is 5.16. The second kappa shape index (κ2) is 7.85. The third-order valence-corrected chi connectivity index (χ3v) is 5.51. The van der Waals surface area contributed by atoms with Crippen molar-refractivity contribution < 1.29 is 15.0 Å². The van der Waals surface area contributed by atoms with E-state index in [4.69, 9.17) is 11.6 Å². The first-order valence-electron chi connectivity index (χ1n) is 8.69. The molecule has 0 spiro atoms. The van der Waals surface area contributed by atoms with Gasteiger partial charge < -0.3 is 15.5 Å². The average Bonchev–Trinajstić information content (AvgIpc) is 2.52.